The number of carbonyl (C=O) groups excluding carboxylic acids is 1. The van der Waals surface area contributed by atoms with Gasteiger partial charge in [0.2, 0.25) is 0 Å². The van der Waals surface area contributed by atoms with E-state index in [0.29, 0.717) is 0 Å². The second-order valence-corrected chi connectivity index (χ2v) is 7.09. The largest absolute Gasteiger partial charge is 0.444 e. The maximum Gasteiger partial charge on any atom is 0.410 e. The molecule has 0 aromatic heterocycles. The summed E-state index contributed by atoms with van der Waals surface area (Å²) in [5, 5.41) is 6.59. The second kappa shape index (κ2) is 10.4. The number of rotatable bonds is 6. The zero-order valence-electron chi connectivity index (χ0n) is 16.0. The molecule has 0 aliphatic carbocycles. The van der Waals surface area contributed by atoms with Crippen LogP contribution in [0.25, 0.3) is 0 Å². The Morgan fingerprint density at radius 3 is 2.29 bits per heavy atom. The Balaban J connectivity index is 2.17. The molecule has 0 spiro atoms. The van der Waals surface area contributed by atoms with Crippen LogP contribution in [0.4, 0.5) is 4.79 Å². The highest BCUT2D eigenvalue weighted by Gasteiger charge is 2.25. The summed E-state index contributed by atoms with van der Waals surface area (Å²) in [5.41, 5.74) is -0.426. The summed E-state index contributed by atoms with van der Waals surface area (Å²) in [6.45, 7) is 14.0. The van der Waals surface area contributed by atoms with Crippen molar-refractivity contribution in [2.24, 2.45) is 4.99 Å². The minimum Gasteiger partial charge on any atom is -0.444 e. The van der Waals surface area contributed by atoms with Gasteiger partial charge in [0.25, 0.3) is 0 Å². The Morgan fingerprint density at radius 2 is 1.75 bits per heavy atom. The van der Waals surface area contributed by atoms with Crippen molar-refractivity contribution in [3.05, 3.63) is 0 Å². The molecule has 1 heterocycles. The molecular formula is C17H35N5O2. The quantitative estimate of drug-likeness (QED) is 0.435. The smallest absolute Gasteiger partial charge is 0.410 e. The Morgan fingerprint density at radius 1 is 1.12 bits per heavy atom. The van der Waals surface area contributed by atoms with Crippen LogP contribution < -0.4 is 10.6 Å². The van der Waals surface area contributed by atoms with Crippen molar-refractivity contribution in [2.45, 2.75) is 46.1 Å². The SMILES string of the molecule is CCCNC(=NC)NCCCN1CCN(C(=O)OC(C)(C)C)CC1. The Kier molecular flexibility index (Phi) is 8.89. The van der Waals surface area contributed by atoms with Gasteiger partial charge in [0.05, 0.1) is 0 Å². The summed E-state index contributed by atoms with van der Waals surface area (Å²) >= 11 is 0. The van der Waals surface area contributed by atoms with Crippen molar-refractivity contribution in [1.82, 2.24) is 20.4 Å². The number of hydrogen-bond acceptors (Lipinski definition) is 4. The van der Waals surface area contributed by atoms with Crippen molar-refractivity contribution in [2.75, 3.05) is 52.9 Å². The van der Waals surface area contributed by atoms with E-state index in [1.807, 2.05) is 20.8 Å². The third-order valence-corrected chi connectivity index (χ3v) is 3.73. The molecule has 7 nitrogen and oxygen atoms in total. The number of ether oxygens (including phenoxy) is 1. The van der Waals surface area contributed by atoms with Gasteiger partial charge in [0.1, 0.15) is 5.60 Å². The van der Waals surface area contributed by atoms with Crippen LogP contribution in [0.3, 0.4) is 0 Å². The third kappa shape index (κ3) is 8.38. The molecule has 1 rings (SSSR count). The minimum absolute atomic E-state index is 0.199. The van der Waals surface area contributed by atoms with Gasteiger partial charge in [-0.25, -0.2) is 4.79 Å². The maximum atomic E-state index is 12.0. The van der Waals surface area contributed by atoms with Crippen molar-refractivity contribution >= 4 is 12.1 Å². The highest BCUT2D eigenvalue weighted by atomic mass is 16.6. The Bertz CT molecular complexity index is 398. The lowest BCUT2D eigenvalue weighted by Crippen LogP contribution is -2.50. The topological polar surface area (TPSA) is 69.2 Å². The fraction of sp³-hybridized carbons (Fsp3) is 0.882. The molecule has 0 aromatic carbocycles. The van der Waals surface area contributed by atoms with Crippen molar-refractivity contribution in [3.63, 3.8) is 0 Å². The molecule has 1 amide bonds. The molecule has 0 radical (unpaired) electrons. The van der Waals surface area contributed by atoms with Crippen LogP contribution in [-0.4, -0.2) is 80.3 Å². The van der Waals surface area contributed by atoms with Gasteiger partial charge in [-0.1, -0.05) is 6.92 Å². The van der Waals surface area contributed by atoms with Gasteiger partial charge in [-0.05, 0) is 40.2 Å². The van der Waals surface area contributed by atoms with Crippen molar-refractivity contribution in [3.8, 4) is 0 Å². The van der Waals surface area contributed by atoms with E-state index in [-0.39, 0.29) is 6.09 Å². The van der Waals surface area contributed by atoms with E-state index in [4.69, 9.17) is 4.74 Å². The number of amides is 1. The molecule has 1 aliphatic rings. The fourth-order valence-electron chi connectivity index (χ4n) is 2.45. The molecule has 7 heteroatoms. The number of nitrogens with zero attached hydrogens (tertiary/aromatic N) is 3. The standard InChI is InChI=1S/C17H35N5O2/c1-6-8-19-15(18-5)20-9-7-10-21-11-13-22(14-12-21)16(23)24-17(2,3)4/h6-14H2,1-5H3,(H2,18,19,20). The second-order valence-electron chi connectivity index (χ2n) is 7.09. The van der Waals surface area contributed by atoms with Crippen molar-refractivity contribution in [1.29, 1.82) is 0 Å². The number of guanidine groups is 1. The summed E-state index contributed by atoms with van der Waals surface area (Å²) < 4.78 is 5.42. The zero-order chi connectivity index (χ0) is 18.0. The highest BCUT2D eigenvalue weighted by Crippen LogP contribution is 2.11. The Labute approximate surface area is 146 Å². The van der Waals surface area contributed by atoms with Crippen LogP contribution in [0.5, 0.6) is 0 Å². The predicted molar refractivity (Wildman–Crippen MR) is 98.5 cm³/mol. The molecule has 1 fully saturated rings. The van der Waals surface area contributed by atoms with E-state index >= 15 is 0 Å². The molecule has 2 N–H and O–H groups in total. The zero-order valence-corrected chi connectivity index (χ0v) is 16.0. The molecule has 0 saturated carbocycles. The molecule has 140 valence electrons. The molecule has 0 bridgehead atoms. The van der Waals surface area contributed by atoms with Crippen molar-refractivity contribution < 1.29 is 9.53 Å². The molecule has 0 aromatic rings. The van der Waals surface area contributed by atoms with E-state index in [1.165, 1.54) is 0 Å². The normalized spacial score (nSPS) is 16.9. The highest BCUT2D eigenvalue weighted by molar-refractivity contribution is 5.79. The van der Waals surface area contributed by atoms with Crippen LogP contribution >= 0.6 is 0 Å². The summed E-state index contributed by atoms with van der Waals surface area (Å²) in [6, 6.07) is 0. The van der Waals surface area contributed by atoms with E-state index in [9.17, 15) is 4.79 Å². The fourth-order valence-corrected chi connectivity index (χ4v) is 2.45. The summed E-state index contributed by atoms with van der Waals surface area (Å²) in [7, 11) is 1.79. The van der Waals surface area contributed by atoms with Gasteiger partial charge in [0.15, 0.2) is 5.96 Å². The number of carbonyl (C=O) groups is 1. The van der Waals surface area contributed by atoms with Gasteiger partial charge in [-0.2, -0.15) is 0 Å². The Hall–Kier alpha value is -1.50. The third-order valence-electron chi connectivity index (χ3n) is 3.73. The first-order valence-electron chi connectivity index (χ1n) is 9.00. The van der Waals surface area contributed by atoms with Gasteiger partial charge in [-0.15, -0.1) is 0 Å². The number of hydrogen-bond donors (Lipinski definition) is 2. The average Bonchev–Trinajstić information content (AvgIpc) is 2.53. The number of nitrogens with one attached hydrogen (secondary N) is 2. The first kappa shape index (κ1) is 20.5. The average molecular weight is 342 g/mol. The van der Waals surface area contributed by atoms with Crippen LogP contribution in [0, 0.1) is 0 Å². The lowest BCUT2D eigenvalue weighted by Gasteiger charge is -2.35. The molecular weight excluding hydrogens is 306 g/mol. The number of aliphatic imine (C=N–C) groups is 1. The molecule has 1 aliphatic heterocycles. The first-order chi connectivity index (χ1) is 11.4. The summed E-state index contributed by atoms with van der Waals surface area (Å²) in [6.07, 6.45) is 1.94. The summed E-state index contributed by atoms with van der Waals surface area (Å²) in [5.74, 6) is 0.867. The van der Waals surface area contributed by atoms with Gasteiger partial charge in [-0.3, -0.25) is 9.89 Å². The molecule has 1 saturated heterocycles. The van der Waals surface area contributed by atoms with Crippen LogP contribution in [0.1, 0.15) is 40.5 Å². The first-order valence-corrected chi connectivity index (χ1v) is 9.00. The van der Waals surface area contributed by atoms with Gasteiger partial charge in [0, 0.05) is 46.3 Å². The monoisotopic (exact) mass is 341 g/mol. The van der Waals surface area contributed by atoms with E-state index < -0.39 is 5.60 Å². The molecule has 24 heavy (non-hydrogen) atoms. The number of piperazine rings is 1. The minimum atomic E-state index is -0.426. The van der Waals surface area contributed by atoms with E-state index in [2.05, 4.69) is 27.4 Å². The van der Waals surface area contributed by atoms with Crippen LogP contribution in [0.2, 0.25) is 0 Å². The molecule has 0 atom stereocenters. The maximum absolute atomic E-state index is 12.0. The molecule has 0 unspecified atom stereocenters. The van der Waals surface area contributed by atoms with E-state index in [0.717, 1.165) is 64.6 Å². The predicted octanol–water partition coefficient (Wildman–Crippen LogP) is 1.50. The lowest BCUT2D eigenvalue weighted by molar-refractivity contribution is 0.0145. The summed E-state index contributed by atoms with van der Waals surface area (Å²) in [4.78, 5) is 20.4. The van der Waals surface area contributed by atoms with Crippen LogP contribution in [0.15, 0.2) is 4.99 Å². The lowest BCUT2D eigenvalue weighted by atomic mass is 10.2. The van der Waals surface area contributed by atoms with Gasteiger partial charge < -0.3 is 20.3 Å². The van der Waals surface area contributed by atoms with Gasteiger partial charge >= 0.3 is 6.09 Å². The van der Waals surface area contributed by atoms with Crippen LogP contribution in [-0.2, 0) is 4.74 Å². The van der Waals surface area contributed by atoms with E-state index in [1.54, 1.807) is 11.9 Å².